The second-order valence-corrected chi connectivity index (χ2v) is 9.38. The molecule has 1 atom stereocenters. The SMILES string of the molecule is O=C(N[C@@H](Cc1cc(Cl)ccc1-c1nncs1)C(=O)O)OCC1c2ccccc2-c2ccccc21. The van der Waals surface area contributed by atoms with Gasteiger partial charge in [0.1, 0.15) is 23.2 Å². The highest BCUT2D eigenvalue weighted by atomic mass is 35.5. The van der Waals surface area contributed by atoms with Crippen molar-refractivity contribution in [2.75, 3.05) is 6.61 Å². The molecule has 7 nitrogen and oxygen atoms in total. The molecule has 3 aromatic carbocycles. The maximum Gasteiger partial charge on any atom is 0.407 e. The summed E-state index contributed by atoms with van der Waals surface area (Å²) in [5, 5.41) is 21.3. The number of hydrogen-bond acceptors (Lipinski definition) is 6. The Labute approximate surface area is 210 Å². The van der Waals surface area contributed by atoms with Crippen molar-refractivity contribution in [3.8, 4) is 21.7 Å². The fourth-order valence-electron chi connectivity index (χ4n) is 4.43. The van der Waals surface area contributed by atoms with Crippen molar-refractivity contribution in [3.63, 3.8) is 0 Å². The lowest BCUT2D eigenvalue weighted by Gasteiger charge is -2.18. The summed E-state index contributed by atoms with van der Waals surface area (Å²) in [7, 11) is 0. The molecular formula is C26H20ClN3O4S. The van der Waals surface area contributed by atoms with Gasteiger partial charge < -0.3 is 15.2 Å². The van der Waals surface area contributed by atoms with E-state index in [0.717, 1.165) is 27.8 Å². The first kappa shape index (κ1) is 23.0. The van der Waals surface area contributed by atoms with Crippen LogP contribution in [0, 0.1) is 0 Å². The molecule has 0 fully saturated rings. The minimum Gasteiger partial charge on any atom is -0.480 e. The lowest BCUT2D eigenvalue weighted by molar-refractivity contribution is -0.139. The number of carboxylic acid groups (broad SMARTS) is 1. The molecule has 176 valence electrons. The number of alkyl carbamates (subject to hydrolysis) is 1. The third-order valence-electron chi connectivity index (χ3n) is 6.02. The van der Waals surface area contributed by atoms with Crippen molar-refractivity contribution < 1.29 is 19.4 Å². The Hall–Kier alpha value is -3.75. The number of fused-ring (bicyclic) bond motifs is 3. The Balaban J connectivity index is 1.30. The van der Waals surface area contributed by atoms with Crippen molar-refractivity contribution in [3.05, 3.63) is 94.0 Å². The second kappa shape index (κ2) is 9.85. The fourth-order valence-corrected chi connectivity index (χ4v) is 5.24. The summed E-state index contributed by atoms with van der Waals surface area (Å²) in [5.74, 6) is -1.30. The van der Waals surface area contributed by atoms with Crippen LogP contribution in [0.4, 0.5) is 4.79 Å². The van der Waals surface area contributed by atoms with Crippen LogP contribution in [-0.4, -0.2) is 40.0 Å². The molecule has 1 aromatic heterocycles. The van der Waals surface area contributed by atoms with Crippen molar-refractivity contribution in [2.24, 2.45) is 0 Å². The monoisotopic (exact) mass is 505 g/mol. The minimum absolute atomic E-state index is 0.00893. The van der Waals surface area contributed by atoms with E-state index in [-0.39, 0.29) is 18.9 Å². The van der Waals surface area contributed by atoms with Crippen molar-refractivity contribution in [2.45, 2.75) is 18.4 Å². The van der Waals surface area contributed by atoms with Crippen molar-refractivity contribution >= 4 is 35.0 Å². The molecule has 0 bridgehead atoms. The molecule has 0 saturated carbocycles. The highest BCUT2D eigenvalue weighted by Gasteiger charge is 2.30. The molecule has 1 aliphatic rings. The Morgan fingerprint density at radius 3 is 2.34 bits per heavy atom. The van der Waals surface area contributed by atoms with Crippen LogP contribution in [0.5, 0.6) is 0 Å². The quantitative estimate of drug-likeness (QED) is 0.349. The molecular weight excluding hydrogens is 486 g/mol. The van der Waals surface area contributed by atoms with Crippen LogP contribution in [0.1, 0.15) is 22.6 Å². The van der Waals surface area contributed by atoms with Gasteiger partial charge in [-0.3, -0.25) is 0 Å². The van der Waals surface area contributed by atoms with E-state index in [9.17, 15) is 14.7 Å². The first-order valence-corrected chi connectivity index (χ1v) is 12.2. The predicted octanol–water partition coefficient (Wildman–Crippen LogP) is 5.39. The molecule has 0 aliphatic heterocycles. The number of carbonyl (C=O) groups is 2. The number of benzene rings is 3. The molecule has 5 rings (SSSR count). The number of nitrogens with zero attached hydrogens (tertiary/aromatic N) is 2. The topological polar surface area (TPSA) is 101 Å². The number of aromatic nitrogens is 2. The van der Waals surface area contributed by atoms with E-state index >= 15 is 0 Å². The van der Waals surface area contributed by atoms with E-state index in [2.05, 4.69) is 27.6 Å². The standard InChI is InChI=1S/C26H20ClN3O4S/c27-16-9-10-17(24-30-28-14-35-24)15(11-16)12-23(25(31)32)29-26(33)34-13-22-20-7-3-1-5-18(20)19-6-2-4-8-21(19)22/h1-11,14,22-23H,12-13H2,(H,29,33)(H,31,32)/t23-/m0/s1. The normalized spacial score (nSPS) is 13.1. The van der Waals surface area contributed by atoms with Crippen LogP contribution in [0.3, 0.4) is 0 Å². The molecule has 1 aliphatic carbocycles. The molecule has 0 radical (unpaired) electrons. The number of rotatable bonds is 7. The smallest absolute Gasteiger partial charge is 0.407 e. The van der Waals surface area contributed by atoms with Gasteiger partial charge in [-0.15, -0.1) is 10.2 Å². The van der Waals surface area contributed by atoms with E-state index in [1.165, 1.54) is 11.3 Å². The van der Waals surface area contributed by atoms with Crippen molar-refractivity contribution in [1.82, 2.24) is 15.5 Å². The number of ether oxygens (including phenoxy) is 1. The molecule has 0 saturated heterocycles. The molecule has 2 N–H and O–H groups in total. The molecule has 1 heterocycles. The molecule has 35 heavy (non-hydrogen) atoms. The van der Waals surface area contributed by atoms with Gasteiger partial charge in [-0.2, -0.15) is 0 Å². The first-order chi connectivity index (χ1) is 17.0. The number of hydrogen-bond donors (Lipinski definition) is 2. The number of amides is 1. The average molecular weight is 506 g/mol. The zero-order valence-electron chi connectivity index (χ0n) is 18.3. The molecule has 4 aromatic rings. The fraction of sp³-hybridized carbons (Fsp3) is 0.154. The van der Waals surface area contributed by atoms with Crippen molar-refractivity contribution in [1.29, 1.82) is 0 Å². The maximum absolute atomic E-state index is 12.7. The van der Waals surface area contributed by atoms with Gasteiger partial charge in [0, 0.05) is 22.9 Å². The van der Waals surface area contributed by atoms with Gasteiger partial charge in [0.2, 0.25) is 0 Å². The summed E-state index contributed by atoms with van der Waals surface area (Å²) in [6.45, 7) is 0.0966. The van der Waals surface area contributed by atoms with Gasteiger partial charge >= 0.3 is 12.1 Å². The molecule has 1 amide bonds. The Morgan fingerprint density at radius 2 is 1.71 bits per heavy atom. The number of carbonyl (C=O) groups excluding carboxylic acids is 1. The van der Waals surface area contributed by atoms with Gasteiger partial charge in [0.15, 0.2) is 0 Å². The number of aliphatic carboxylic acids is 1. The summed E-state index contributed by atoms with van der Waals surface area (Å²) in [6, 6.07) is 20.0. The number of carboxylic acids is 1. The van der Waals surface area contributed by atoms with Crippen LogP contribution in [0.25, 0.3) is 21.7 Å². The summed E-state index contributed by atoms with van der Waals surface area (Å²) < 4.78 is 5.52. The van der Waals surface area contributed by atoms with Crippen LogP contribution in [-0.2, 0) is 16.0 Å². The van der Waals surface area contributed by atoms with Crippen LogP contribution in [0.2, 0.25) is 5.02 Å². The van der Waals surface area contributed by atoms with E-state index in [1.807, 2.05) is 36.4 Å². The van der Waals surface area contributed by atoms with E-state index < -0.39 is 18.1 Å². The Kier molecular flexibility index (Phi) is 6.48. The molecule has 0 spiro atoms. The summed E-state index contributed by atoms with van der Waals surface area (Å²) in [6.07, 6.45) is -0.784. The lowest BCUT2D eigenvalue weighted by Crippen LogP contribution is -2.43. The highest BCUT2D eigenvalue weighted by molar-refractivity contribution is 7.12. The number of halogens is 1. The van der Waals surface area contributed by atoms with Crippen LogP contribution in [0.15, 0.2) is 72.2 Å². The summed E-state index contributed by atoms with van der Waals surface area (Å²) in [5.41, 5.74) is 7.35. The van der Waals surface area contributed by atoms with Gasteiger partial charge in [-0.05, 0) is 39.9 Å². The minimum atomic E-state index is -1.21. The second-order valence-electron chi connectivity index (χ2n) is 8.11. The maximum atomic E-state index is 12.7. The number of nitrogens with one attached hydrogen (secondary N) is 1. The van der Waals surface area contributed by atoms with Crippen LogP contribution < -0.4 is 5.32 Å². The van der Waals surface area contributed by atoms with Gasteiger partial charge in [0.25, 0.3) is 0 Å². The largest absolute Gasteiger partial charge is 0.480 e. The third kappa shape index (κ3) is 4.76. The van der Waals surface area contributed by atoms with E-state index in [4.69, 9.17) is 16.3 Å². The zero-order chi connectivity index (χ0) is 24.4. The lowest BCUT2D eigenvalue weighted by atomic mass is 9.98. The highest BCUT2D eigenvalue weighted by Crippen LogP contribution is 2.44. The average Bonchev–Trinajstić information content (AvgIpc) is 3.49. The predicted molar refractivity (Wildman–Crippen MR) is 134 cm³/mol. The molecule has 0 unspecified atom stereocenters. The Morgan fingerprint density at radius 1 is 1.03 bits per heavy atom. The summed E-state index contributed by atoms with van der Waals surface area (Å²) >= 11 is 7.49. The van der Waals surface area contributed by atoms with Gasteiger partial charge in [-0.25, -0.2) is 9.59 Å². The third-order valence-corrected chi connectivity index (χ3v) is 6.98. The van der Waals surface area contributed by atoms with Crippen LogP contribution >= 0.6 is 22.9 Å². The van der Waals surface area contributed by atoms with Gasteiger partial charge in [-0.1, -0.05) is 77.5 Å². The van der Waals surface area contributed by atoms with Gasteiger partial charge in [0.05, 0.1) is 0 Å². The van der Waals surface area contributed by atoms with E-state index in [0.29, 0.717) is 15.6 Å². The summed E-state index contributed by atoms with van der Waals surface area (Å²) in [4.78, 5) is 24.6. The first-order valence-electron chi connectivity index (χ1n) is 10.9. The Bertz CT molecular complexity index is 1350. The van der Waals surface area contributed by atoms with E-state index in [1.54, 1.807) is 23.7 Å². The zero-order valence-corrected chi connectivity index (χ0v) is 19.9. The molecule has 9 heteroatoms.